The number of sulfonamides is 1. The third kappa shape index (κ3) is 3.41. The molecule has 1 unspecified atom stereocenters. The SMILES string of the molecule is CC1(O)CCN(S(=O)(=O)c2ccc(C#CCO)cc2F)C1. The van der Waals surface area contributed by atoms with Crippen molar-refractivity contribution in [3.05, 3.63) is 29.6 Å². The van der Waals surface area contributed by atoms with Crippen LogP contribution >= 0.6 is 0 Å². The first-order valence-electron chi connectivity index (χ1n) is 6.38. The molecule has 0 bridgehead atoms. The highest BCUT2D eigenvalue weighted by atomic mass is 32.2. The quantitative estimate of drug-likeness (QED) is 0.771. The number of aliphatic hydroxyl groups excluding tert-OH is 1. The van der Waals surface area contributed by atoms with Crippen LogP contribution in [-0.2, 0) is 10.0 Å². The van der Waals surface area contributed by atoms with Crippen molar-refractivity contribution in [2.24, 2.45) is 0 Å². The van der Waals surface area contributed by atoms with Gasteiger partial charge in [-0.2, -0.15) is 4.31 Å². The van der Waals surface area contributed by atoms with E-state index >= 15 is 0 Å². The van der Waals surface area contributed by atoms with Crippen LogP contribution in [0.1, 0.15) is 18.9 Å². The van der Waals surface area contributed by atoms with Crippen molar-refractivity contribution < 1.29 is 23.0 Å². The second-order valence-electron chi connectivity index (χ2n) is 5.19. The zero-order chi connectivity index (χ0) is 15.7. The maximum Gasteiger partial charge on any atom is 0.246 e. The van der Waals surface area contributed by atoms with Gasteiger partial charge in [-0.25, -0.2) is 12.8 Å². The third-order valence-electron chi connectivity index (χ3n) is 3.28. The molecule has 0 radical (unpaired) electrons. The Hall–Kier alpha value is -1.46. The van der Waals surface area contributed by atoms with Crippen molar-refractivity contribution in [2.75, 3.05) is 19.7 Å². The van der Waals surface area contributed by atoms with Crippen molar-refractivity contribution in [1.82, 2.24) is 4.31 Å². The van der Waals surface area contributed by atoms with Gasteiger partial charge in [0, 0.05) is 18.7 Å². The van der Waals surface area contributed by atoms with Crippen LogP contribution in [0.2, 0.25) is 0 Å². The molecule has 21 heavy (non-hydrogen) atoms. The Labute approximate surface area is 123 Å². The Morgan fingerprint density at radius 3 is 2.71 bits per heavy atom. The van der Waals surface area contributed by atoms with Crippen LogP contribution < -0.4 is 0 Å². The summed E-state index contributed by atoms with van der Waals surface area (Å²) in [5.41, 5.74) is -0.801. The van der Waals surface area contributed by atoms with Gasteiger partial charge < -0.3 is 10.2 Å². The van der Waals surface area contributed by atoms with E-state index in [1.54, 1.807) is 6.92 Å². The van der Waals surface area contributed by atoms with E-state index in [4.69, 9.17) is 5.11 Å². The molecule has 2 rings (SSSR count). The highest BCUT2D eigenvalue weighted by Gasteiger charge is 2.39. The summed E-state index contributed by atoms with van der Waals surface area (Å²) < 4.78 is 39.8. The average molecular weight is 313 g/mol. The van der Waals surface area contributed by atoms with Gasteiger partial charge >= 0.3 is 0 Å². The normalized spacial score (nSPS) is 22.9. The summed E-state index contributed by atoms with van der Waals surface area (Å²) in [7, 11) is -3.98. The lowest BCUT2D eigenvalue weighted by Gasteiger charge is -2.19. The van der Waals surface area contributed by atoms with Gasteiger partial charge in [0.25, 0.3) is 0 Å². The predicted molar refractivity (Wildman–Crippen MR) is 74.4 cm³/mol. The van der Waals surface area contributed by atoms with Crippen LogP contribution in [0.5, 0.6) is 0 Å². The smallest absolute Gasteiger partial charge is 0.246 e. The van der Waals surface area contributed by atoms with Crippen molar-refractivity contribution in [3.63, 3.8) is 0 Å². The van der Waals surface area contributed by atoms with Crippen molar-refractivity contribution in [3.8, 4) is 11.8 Å². The highest BCUT2D eigenvalue weighted by molar-refractivity contribution is 7.89. The van der Waals surface area contributed by atoms with Crippen molar-refractivity contribution in [2.45, 2.75) is 23.8 Å². The minimum Gasteiger partial charge on any atom is -0.389 e. The molecule has 1 aromatic carbocycles. The van der Waals surface area contributed by atoms with Crippen LogP contribution in [0, 0.1) is 17.7 Å². The monoisotopic (exact) mass is 313 g/mol. The Balaban J connectivity index is 2.33. The van der Waals surface area contributed by atoms with Crippen molar-refractivity contribution in [1.29, 1.82) is 0 Å². The van der Waals surface area contributed by atoms with E-state index in [-0.39, 0.29) is 25.3 Å². The number of hydrogen-bond acceptors (Lipinski definition) is 4. The number of hydrogen-bond donors (Lipinski definition) is 2. The van der Waals surface area contributed by atoms with Gasteiger partial charge in [-0.3, -0.25) is 0 Å². The largest absolute Gasteiger partial charge is 0.389 e. The van der Waals surface area contributed by atoms with Gasteiger partial charge in [0.1, 0.15) is 17.3 Å². The van der Waals surface area contributed by atoms with Crippen LogP contribution in [0.25, 0.3) is 0 Å². The second-order valence-corrected chi connectivity index (χ2v) is 7.10. The molecule has 0 aromatic heterocycles. The van der Waals surface area contributed by atoms with Crippen LogP contribution in [0.4, 0.5) is 4.39 Å². The zero-order valence-corrected chi connectivity index (χ0v) is 12.3. The molecule has 0 spiro atoms. The molecule has 1 heterocycles. The topological polar surface area (TPSA) is 77.8 Å². The van der Waals surface area contributed by atoms with Gasteiger partial charge in [-0.05, 0) is 31.5 Å². The lowest BCUT2D eigenvalue weighted by Crippen LogP contribution is -2.34. The van der Waals surface area contributed by atoms with Crippen LogP contribution in [0.15, 0.2) is 23.1 Å². The summed E-state index contributed by atoms with van der Waals surface area (Å²) >= 11 is 0. The molecule has 1 aliphatic heterocycles. The summed E-state index contributed by atoms with van der Waals surface area (Å²) in [6.07, 6.45) is 0.313. The molecule has 1 saturated heterocycles. The molecule has 1 fully saturated rings. The molecule has 0 amide bonds. The van der Waals surface area contributed by atoms with E-state index in [9.17, 15) is 17.9 Å². The number of halogens is 1. The lowest BCUT2D eigenvalue weighted by atomic mass is 10.1. The fraction of sp³-hybridized carbons (Fsp3) is 0.429. The first-order valence-corrected chi connectivity index (χ1v) is 7.82. The van der Waals surface area contributed by atoms with Gasteiger partial charge in [0.05, 0.1) is 5.60 Å². The van der Waals surface area contributed by atoms with Crippen LogP contribution in [0.3, 0.4) is 0 Å². The lowest BCUT2D eigenvalue weighted by molar-refractivity contribution is 0.0762. The molecule has 5 nitrogen and oxygen atoms in total. The maximum atomic E-state index is 14.0. The van der Waals surface area contributed by atoms with Gasteiger partial charge in [-0.15, -0.1) is 0 Å². The number of rotatable bonds is 2. The van der Waals surface area contributed by atoms with E-state index in [1.807, 2.05) is 0 Å². The summed E-state index contributed by atoms with van der Waals surface area (Å²) in [6.45, 7) is 1.29. The fourth-order valence-corrected chi connectivity index (χ4v) is 3.78. The molecule has 0 saturated carbocycles. The molecule has 0 aliphatic carbocycles. The summed E-state index contributed by atoms with van der Waals surface area (Å²) in [6, 6.07) is 3.55. The Bertz CT molecular complexity index is 703. The van der Waals surface area contributed by atoms with E-state index in [1.165, 1.54) is 6.07 Å². The number of aliphatic hydroxyl groups is 2. The molecule has 1 aliphatic rings. The van der Waals surface area contributed by atoms with E-state index in [0.717, 1.165) is 16.4 Å². The molecule has 7 heteroatoms. The van der Waals surface area contributed by atoms with Crippen LogP contribution in [-0.4, -0.2) is 48.2 Å². The van der Waals surface area contributed by atoms with Crippen molar-refractivity contribution >= 4 is 10.0 Å². The molecule has 1 aromatic rings. The predicted octanol–water partition coefficient (Wildman–Crippen LogP) is 0.315. The van der Waals surface area contributed by atoms with Gasteiger partial charge in [-0.1, -0.05) is 11.8 Å². The zero-order valence-electron chi connectivity index (χ0n) is 11.5. The maximum absolute atomic E-state index is 14.0. The number of nitrogens with zero attached hydrogens (tertiary/aromatic N) is 1. The number of benzene rings is 1. The van der Waals surface area contributed by atoms with Gasteiger partial charge in [0.15, 0.2) is 0 Å². The van der Waals surface area contributed by atoms with E-state index in [2.05, 4.69) is 11.8 Å². The molecule has 1 atom stereocenters. The van der Waals surface area contributed by atoms with E-state index < -0.39 is 26.3 Å². The molecular formula is C14H16FNO4S. The van der Waals surface area contributed by atoms with E-state index in [0.29, 0.717) is 6.42 Å². The summed E-state index contributed by atoms with van der Waals surface area (Å²) in [4.78, 5) is -0.435. The summed E-state index contributed by atoms with van der Waals surface area (Å²) in [5.74, 6) is 3.97. The fourth-order valence-electron chi connectivity index (χ4n) is 2.18. The Morgan fingerprint density at radius 1 is 1.48 bits per heavy atom. The standard InChI is InChI=1S/C14H16FNO4S/c1-14(18)6-7-16(10-14)21(19,20)13-5-4-11(3-2-8-17)9-12(13)15/h4-5,9,17-18H,6-8,10H2,1H3. The first-order chi connectivity index (χ1) is 9.76. The molecular weight excluding hydrogens is 297 g/mol. The average Bonchev–Trinajstić information content (AvgIpc) is 2.77. The third-order valence-corrected chi connectivity index (χ3v) is 5.16. The molecule has 114 valence electrons. The summed E-state index contributed by atoms with van der Waals surface area (Å²) in [5, 5.41) is 18.4. The minimum absolute atomic E-state index is 0.0547. The first kappa shape index (κ1) is 15.9. The van der Waals surface area contributed by atoms with Gasteiger partial charge in [0.2, 0.25) is 10.0 Å². The highest BCUT2D eigenvalue weighted by Crippen LogP contribution is 2.28. The molecule has 2 N–H and O–H groups in total. The minimum atomic E-state index is -3.98. The second kappa shape index (κ2) is 5.73. The number of β-amino-alcohol motifs (C(OH)–C–C–N with tert-alkyl or cyclic N) is 1. The Kier molecular flexibility index (Phi) is 4.35. The Morgan fingerprint density at radius 2 is 2.19 bits per heavy atom.